The summed E-state index contributed by atoms with van der Waals surface area (Å²) in [5, 5.41) is 0.613. The van der Waals surface area contributed by atoms with Crippen molar-refractivity contribution in [3.63, 3.8) is 0 Å². The first-order chi connectivity index (χ1) is 9.11. The predicted molar refractivity (Wildman–Crippen MR) is 72.0 cm³/mol. The van der Waals surface area contributed by atoms with Gasteiger partial charge < -0.3 is 4.98 Å². The molecule has 6 heteroatoms. The number of hydrogen-bond acceptors (Lipinski definition) is 3. The van der Waals surface area contributed by atoms with E-state index in [-0.39, 0.29) is 5.56 Å². The number of hydroxylamine groups is 1. The normalized spacial score (nSPS) is 10.2. The van der Waals surface area contributed by atoms with Gasteiger partial charge >= 0.3 is 0 Å². The van der Waals surface area contributed by atoms with Crippen molar-refractivity contribution in [3.05, 3.63) is 57.3 Å². The molecule has 98 valence electrons. The first-order valence-electron chi connectivity index (χ1n) is 5.44. The highest BCUT2D eigenvalue weighted by Gasteiger charge is 2.10. The number of hydrogen-bond donors (Lipinski definition) is 2. The van der Waals surface area contributed by atoms with Gasteiger partial charge in [-0.15, -0.1) is 0 Å². The van der Waals surface area contributed by atoms with Gasteiger partial charge in [0, 0.05) is 10.7 Å². The van der Waals surface area contributed by atoms with Gasteiger partial charge in [0.25, 0.3) is 11.5 Å². The molecule has 0 saturated heterocycles. The number of nitrogens with one attached hydrogen (secondary N) is 2. The third kappa shape index (κ3) is 3.01. The second-order valence-corrected chi connectivity index (χ2v) is 4.19. The zero-order valence-electron chi connectivity index (χ0n) is 10.1. The predicted octanol–water partition coefficient (Wildman–Crippen LogP) is 1.99. The molecule has 0 fully saturated rings. The molecule has 1 aromatic carbocycles. The molecule has 1 amide bonds. The van der Waals surface area contributed by atoms with Crippen molar-refractivity contribution in [2.75, 3.05) is 7.11 Å². The van der Waals surface area contributed by atoms with Crippen molar-refractivity contribution < 1.29 is 9.63 Å². The molecule has 2 rings (SSSR count). The number of aromatic nitrogens is 1. The summed E-state index contributed by atoms with van der Waals surface area (Å²) in [4.78, 5) is 30.4. The number of amides is 1. The summed E-state index contributed by atoms with van der Waals surface area (Å²) in [6.45, 7) is 0. The third-order valence-corrected chi connectivity index (χ3v) is 2.76. The van der Waals surface area contributed by atoms with Crippen LogP contribution in [0.5, 0.6) is 0 Å². The van der Waals surface area contributed by atoms with Crippen molar-refractivity contribution in [1.29, 1.82) is 0 Å². The summed E-state index contributed by atoms with van der Waals surface area (Å²) < 4.78 is 0. The fourth-order valence-corrected chi connectivity index (χ4v) is 1.72. The van der Waals surface area contributed by atoms with E-state index < -0.39 is 11.5 Å². The van der Waals surface area contributed by atoms with Crippen LogP contribution in [0.1, 0.15) is 10.4 Å². The van der Waals surface area contributed by atoms with Crippen LogP contribution in [0.3, 0.4) is 0 Å². The smallest absolute Gasteiger partial charge is 0.280 e. The second-order valence-electron chi connectivity index (χ2n) is 3.76. The lowest BCUT2D eigenvalue weighted by molar-refractivity contribution is 0.0536. The van der Waals surface area contributed by atoms with Crippen LogP contribution in [0.15, 0.2) is 41.2 Å². The quantitative estimate of drug-likeness (QED) is 0.844. The van der Waals surface area contributed by atoms with E-state index in [0.717, 1.165) is 5.56 Å². The molecule has 2 aromatic rings. The molecule has 0 radical (unpaired) electrons. The van der Waals surface area contributed by atoms with Crippen molar-refractivity contribution in [2.24, 2.45) is 0 Å². The molecule has 5 nitrogen and oxygen atoms in total. The van der Waals surface area contributed by atoms with Gasteiger partial charge in [-0.2, -0.15) is 0 Å². The molecular formula is C13H11ClN2O3. The topological polar surface area (TPSA) is 71.2 Å². The Kier molecular flexibility index (Phi) is 3.99. The van der Waals surface area contributed by atoms with Gasteiger partial charge in [-0.1, -0.05) is 23.7 Å². The Morgan fingerprint density at radius 3 is 2.47 bits per heavy atom. The number of rotatable bonds is 3. The van der Waals surface area contributed by atoms with E-state index in [1.54, 1.807) is 30.3 Å². The Morgan fingerprint density at radius 1 is 1.21 bits per heavy atom. The van der Waals surface area contributed by atoms with E-state index in [2.05, 4.69) is 15.3 Å². The number of H-pyrrole nitrogens is 1. The van der Waals surface area contributed by atoms with Crippen LogP contribution in [0, 0.1) is 0 Å². The molecule has 0 aliphatic carbocycles. The second kappa shape index (κ2) is 5.69. The Bertz CT molecular complexity index is 650. The zero-order chi connectivity index (χ0) is 13.8. The van der Waals surface area contributed by atoms with Crippen molar-refractivity contribution in [3.8, 4) is 11.3 Å². The molecule has 1 aromatic heterocycles. The highest BCUT2D eigenvalue weighted by molar-refractivity contribution is 6.30. The first-order valence-corrected chi connectivity index (χ1v) is 5.82. The average Bonchev–Trinajstić information content (AvgIpc) is 2.39. The number of benzene rings is 1. The third-order valence-electron chi connectivity index (χ3n) is 2.50. The van der Waals surface area contributed by atoms with Crippen molar-refractivity contribution in [2.45, 2.75) is 0 Å². The summed E-state index contributed by atoms with van der Waals surface area (Å²) in [6, 6.07) is 10.1. The summed E-state index contributed by atoms with van der Waals surface area (Å²) in [5.74, 6) is -0.591. The minimum absolute atomic E-state index is 0.0143. The molecule has 19 heavy (non-hydrogen) atoms. The maximum Gasteiger partial charge on any atom is 0.280 e. The van der Waals surface area contributed by atoms with Crippen molar-refractivity contribution in [1.82, 2.24) is 10.5 Å². The van der Waals surface area contributed by atoms with Gasteiger partial charge in [0.15, 0.2) is 0 Å². The van der Waals surface area contributed by atoms with Crippen LogP contribution in [0.2, 0.25) is 5.02 Å². The lowest BCUT2D eigenvalue weighted by atomic mass is 10.1. The maximum absolute atomic E-state index is 11.8. The Morgan fingerprint density at radius 2 is 1.89 bits per heavy atom. The van der Waals surface area contributed by atoms with E-state index in [1.165, 1.54) is 13.2 Å². The highest BCUT2D eigenvalue weighted by atomic mass is 35.5. The maximum atomic E-state index is 11.8. The number of halogens is 1. The largest absolute Gasteiger partial charge is 0.321 e. The number of carbonyl (C=O) groups excluding carboxylic acids is 1. The molecule has 0 spiro atoms. The Balaban J connectivity index is 2.36. The van der Waals surface area contributed by atoms with E-state index in [4.69, 9.17) is 11.6 Å². The molecule has 0 bridgehead atoms. The molecule has 0 aliphatic rings. The summed E-state index contributed by atoms with van der Waals surface area (Å²) >= 11 is 5.79. The van der Waals surface area contributed by atoms with Gasteiger partial charge in [-0.25, -0.2) is 5.48 Å². The van der Waals surface area contributed by atoms with Crippen LogP contribution >= 0.6 is 11.6 Å². The van der Waals surface area contributed by atoms with Gasteiger partial charge in [0.1, 0.15) is 5.56 Å². The Hall–Kier alpha value is -2.11. The monoisotopic (exact) mass is 278 g/mol. The summed E-state index contributed by atoms with van der Waals surface area (Å²) in [7, 11) is 1.30. The molecule has 0 unspecified atom stereocenters. The van der Waals surface area contributed by atoms with Crippen LogP contribution in [0.25, 0.3) is 11.3 Å². The molecule has 1 heterocycles. The van der Waals surface area contributed by atoms with Crippen LogP contribution in [-0.2, 0) is 4.84 Å². The average molecular weight is 279 g/mol. The van der Waals surface area contributed by atoms with Crippen LogP contribution < -0.4 is 11.0 Å². The summed E-state index contributed by atoms with van der Waals surface area (Å²) in [6.07, 6.45) is 0. The fourth-order valence-electron chi connectivity index (χ4n) is 1.60. The first kappa shape index (κ1) is 13.3. The van der Waals surface area contributed by atoms with E-state index in [1.807, 2.05) is 0 Å². The lowest BCUT2D eigenvalue weighted by Crippen LogP contribution is -2.28. The minimum Gasteiger partial charge on any atom is -0.321 e. The Labute approximate surface area is 114 Å². The molecule has 0 aliphatic heterocycles. The minimum atomic E-state index is -0.591. The molecular weight excluding hydrogens is 268 g/mol. The van der Waals surface area contributed by atoms with Gasteiger partial charge in [-0.05, 0) is 29.8 Å². The fraction of sp³-hybridized carbons (Fsp3) is 0.0769. The van der Waals surface area contributed by atoms with E-state index >= 15 is 0 Å². The zero-order valence-corrected chi connectivity index (χ0v) is 10.8. The number of pyridine rings is 1. The SMILES string of the molecule is CONC(=O)c1ccc(-c2ccc(Cl)cc2)[nH]c1=O. The van der Waals surface area contributed by atoms with Gasteiger partial charge in [-0.3, -0.25) is 14.4 Å². The highest BCUT2D eigenvalue weighted by Crippen LogP contribution is 2.18. The lowest BCUT2D eigenvalue weighted by Gasteiger charge is -2.04. The van der Waals surface area contributed by atoms with Gasteiger partial charge in [0.05, 0.1) is 7.11 Å². The van der Waals surface area contributed by atoms with E-state index in [9.17, 15) is 9.59 Å². The standard InChI is InChI=1S/C13H11ClN2O3/c1-19-16-13(18)10-6-7-11(15-12(10)17)8-2-4-9(14)5-3-8/h2-7H,1H3,(H,15,17)(H,16,18). The molecule has 0 saturated carbocycles. The number of aromatic amines is 1. The molecule has 2 N–H and O–H groups in total. The number of carbonyl (C=O) groups is 1. The van der Waals surface area contributed by atoms with Crippen LogP contribution in [0.4, 0.5) is 0 Å². The van der Waals surface area contributed by atoms with E-state index in [0.29, 0.717) is 10.7 Å². The van der Waals surface area contributed by atoms with Crippen molar-refractivity contribution >= 4 is 17.5 Å². The van der Waals surface area contributed by atoms with Crippen LogP contribution in [-0.4, -0.2) is 18.0 Å². The summed E-state index contributed by atoms with van der Waals surface area (Å²) in [5.41, 5.74) is 3.01. The van der Waals surface area contributed by atoms with Gasteiger partial charge in [0.2, 0.25) is 0 Å². The molecule has 0 atom stereocenters.